The Bertz CT molecular complexity index is 465. The Morgan fingerprint density at radius 2 is 2.27 bits per heavy atom. The van der Waals surface area contributed by atoms with E-state index in [9.17, 15) is 4.79 Å². The van der Waals surface area contributed by atoms with Gasteiger partial charge in [0.15, 0.2) is 5.76 Å². The van der Waals surface area contributed by atoms with Gasteiger partial charge in [-0.3, -0.25) is 9.78 Å². The fourth-order valence-corrected chi connectivity index (χ4v) is 1.33. The standard InChI is InChI=1S/C10H8N2O3/c13-10(14)5-7-6-11-3-1-8(7)9-2-4-12-15-9/h1-4,6H,5H2,(H,13,14). The van der Waals surface area contributed by atoms with Gasteiger partial charge in [0.1, 0.15) is 0 Å². The number of carboxylic acid groups (broad SMARTS) is 1. The summed E-state index contributed by atoms with van der Waals surface area (Å²) in [5, 5.41) is 12.3. The van der Waals surface area contributed by atoms with Gasteiger partial charge in [0.05, 0.1) is 12.6 Å². The van der Waals surface area contributed by atoms with Crippen molar-refractivity contribution in [3.63, 3.8) is 0 Å². The van der Waals surface area contributed by atoms with Crippen LogP contribution in [-0.2, 0) is 11.2 Å². The molecule has 1 N–H and O–H groups in total. The van der Waals surface area contributed by atoms with Crippen LogP contribution in [0.3, 0.4) is 0 Å². The van der Waals surface area contributed by atoms with Crippen molar-refractivity contribution in [3.8, 4) is 11.3 Å². The summed E-state index contributed by atoms with van der Waals surface area (Å²) < 4.78 is 4.97. The molecule has 0 aliphatic carbocycles. The minimum absolute atomic E-state index is 0.0795. The molecular formula is C10H8N2O3. The van der Waals surface area contributed by atoms with E-state index in [0.717, 1.165) is 0 Å². The highest BCUT2D eigenvalue weighted by atomic mass is 16.5. The fraction of sp³-hybridized carbons (Fsp3) is 0.100. The maximum atomic E-state index is 10.6. The molecule has 0 aliphatic heterocycles. The summed E-state index contributed by atoms with van der Waals surface area (Å²) in [4.78, 5) is 14.5. The maximum Gasteiger partial charge on any atom is 0.307 e. The van der Waals surface area contributed by atoms with E-state index >= 15 is 0 Å². The molecule has 0 unspecified atom stereocenters. The Balaban J connectivity index is 2.42. The van der Waals surface area contributed by atoms with E-state index in [4.69, 9.17) is 9.63 Å². The number of rotatable bonds is 3. The van der Waals surface area contributed by atoms with Gasteiger partial charge >= 0.3 is 5.97 Å². The molecule has 5 nitrogen and oxygen atoms in total. The molecule has 0 bridgehead atoms. The SMILES string of the molecule is O=C(O)Cc1cnccc1-c1ccno1. The van der Waals surface area contributed by atoms with Crippen LogP contribution in [0.2, 0.25) is 0 Å². The topological polar surface area (TPSA) is 76.2 Å². The number of hydrogen-bond donors (Lipinski definition) is 1. The second-order valence-electron chi connectivity index (χ2n) is 2.98. The first-order valence-electron chi connectivity index (χ1n) is 4.33. The largest absolute Gasteiger partial charge is 0.481 e. The third-order valence-electron chi connectivity index (χ3n) is 1.95. The Kier molecular flexibility index (Phi) is 2.45. The van der Waals surface area contributed by atoms with Crippen LogP contribution in [0.5, 0.6) is 0 Å². The molecule has 0 saturated carbocycles. The number of carbonyl (C=O) groups is 1. The van der Waals surface area contributed by atoms with Gasteiger partial charge in [0, 0.05) is 24.0 Å². The molecule has 0 saturated heterocycles. The molecule has 0 atom stereocenters. The first kappa shape index (κ1) is 9.39. The average molecular weight is 204 g/mol. The lowest BCUT2D eigenvalue weighted by molar-refractivity contribution is -0.136. The summed E-state index contributed by atoms with van der Waals surface area (Å²) in [5.74, 6) is -0.350. The molecule has 15 heavy (non-hydrogen) atoms. The van der Waals surface area contributed by atoms with Crippen LogP contribution in [0.15, 0.2) is 35.2 Å². The normalized spacial score (nSPS) is 10.1. The Morgan fingerprint density at radius 1 is 1.40 bits per heavy atom. The van der Waals surface area contributed by atoms with Crippen molar-refractivity contribution in [1.29, 1.82) is 0 Å². The highest BCUT2D eigenvalue weighted by Crippen LogP contribution is 2.22. The summed E-state index contributed by atoms with van der Waals surface area (Å²) in [5.41, 5.74) is 1.33. The second kappa shape index (κ2) is 3.91. The zero-order valence-corrected chi connectivity index (χ0v) is 7.75. The van der Waals surface area contributed by atoms with Crippen LogP contribution in [0, 0.1) is 0 Å². The van der Waals surface area contributed by atoms with Crippen molar-refractivity contribution in [2.24, 2.45) is 0 Å². The lowest BCUT2D eigenvalue weighted by atomic mass is 10.1. The molecule has 0 amide bonds. The van der Waals surface area contributed by atoms with Gasteiger partial charge in [-0.05, 0) is 11.6 Å². The van der Waals surface area contributed by atoms with Gasteiger partial charge in [0.2, 0.25) is 0 Å². The smallest absolute Gasteiger partial charge is 0.307 e. The molecule has 2 heterocycles. The zero-order valence-electron chi connectivity index (χ0n) is 7.75. The summed E-state index contributed by atoms with van der Waals surface area (Å²) in [6.07, 6.45) is 4.54. The highest BCUT2D eigenvalue weighted by Gasteiger charge is 2.10. The van der Waals surface area contributed by atoms with Gasteiger partial charge in [-0.1, -0.05) is 5.16 Å². The highest BCUT2D eigenvalue weighted by molar-refractivity contribution is 5.74. The van der Waals surface area contributed by atoms with Crippen LogP contribution < -0.4 is 0 Å². The van der Waals surface area contributed by atoms with E-state index in [1.165, 1.54) is 12.4 Å². The van der Waals surface area contributed by atoms with Gasteiger partial charge < -0.3 is 9.63 Å². The first-order valence-corrected chi connectivity index (χ1v) is 4.33. The van der Waals surface area contributed by atoms with Gasteiger partial charge in [0.25, 0.3) is 0 Å². The molecule has 0 aromatic carbocycles. The Morgan fingerprint density at radius 3 is 2.93 bits per heavy atom. The van der Waals surface area contributed by atoms with Gasteiger partial charge in [-0.2, -0.15) is 0 Å². The van der Waals surface area contributed by atoms with E-state index in [2.05, 4.69) is 10.1 Å². The van der Waals surface area contributed by atoms with Gasteiger partial charge in [-0.25, -0.2) is 0 Å². The molecule has 2 aromatic rings. The Labute approximate surface area is 85.4 Å². The minimum Gasteiger partial charge on any atom is -0.481 e. The van der Waals surface area contributed by atoms with E-state index in [1.54, 1.807) is 18.3 Å². The van der Waals surface area contributed by atoms with Crippen LogP contribution in [-0.4, -0.2) is 21.2 Å². The monoisotopic (exact) mass is 204 g/mol. The van der Waals surface area contributed by atoms with Crippen molar-refractivity contribution < 1.29 is 14.4 Å². The van der Waals surface area contributed by atoms with Crippen LogP contribution in [0.4, 0.5) is 0 Å². The van der Waals surface area contributed by atoms with Crippen LogP contribution in [0.1, 0.15) is 5.56 Å². The summed E-state index contributed by atoms with van der Waals surface area (Å²) >= 11 is 0. The van der Waals surface area contributed by atoms with Crippen LogP contribution >= 0.6 is 0 Å². The number of aliphatic carboxylic acids is 1. The molecule has 0 fully saturated rings. The van der Waals surface area contributed by atoms with E-state index in [1.807, 2.05) is 0 Å². The third-order valence-corrected chi connectivity index (χ3v) is 1.95. The predicted molar refractivity (Wildman–Crippen MR) is 51.1 cm³/mol. The minimum atomic E-state index is -0.899. The summed E-state index contributed by atoms with van der Waals surface area (Å²) in [6.45, 7) is 0. The Hall–Kier alpha value is -2.17. The lowest BCUT2D eigenvalue weighted by Gasteiger charge is -2.02. The number of carboxylic acids is 1. The molecule has 0 spiro atoms. The molecule has 2 aromatic heterocycles. The van der Waals surface area contributed by atoms with Crippen molar-refractivity contribution in [1.82, 2.24) is 10.1 Å². The van der Waals surface area contributed by atoms with E-state index < -0.39 is 5.97 Å². The molecular weight excluding hydrogens is 196 g/mol. The van der Waals surface area contributed by atoms with Crippen molar-refractivity contribution in [2.75, 3.05) is 0 Å². The number of pyridine rings is 1. The molecule has 0 radical (unpaired) electrons. The molecule has 2 rings (SSSR count). The van der Waals surface area contributed by atoms with E-state index in [0.29, 0.717) is 16.9 Å². The zero-order chi connectivity index (χ0) is 10.7. The van der Waals surface area contributed by atoms with Crippen LogP contribution in [0.25, 0.3) is 11.3 Å². The van der Waals surface area contributed by atoms with Crippen molar-refractivity contribution in [2.45, 2.75) is 6.42 Å². The first-order chi connectivity index (χ1) is 7.27. The third kappa shape index (κ3) is 2.01. The maximum absolute atomic E-state index is 10.6. The average Bonchev–Trinajstić information content (AvgIpc) is 2.70. The molecule has 76 valence electrons. The lowest BCUT2D eigenvalue weighted by Crippen LogP contribution is -2.02. The predicted octanol–water partition coefficient (Wildman–Crippen LogP) is 1.36. The molecule has 0 aliphatic rings. The fourth-order valence-electron chi connectivity index (χ4n) is 1.33. The molecule has 5 heteroatoms. The number of aromatic nitrogens is 2. The number of nitrogens with zero attached hydrogens (tertiary/aromatic N) is 2. The van der Waals surface area contributed by atoms with Crippen molar-refractivity contribution in [3.05, 3.63) is 36.3 Å². The van der Waals surface area contributed by atoms with E-state index in [-0.39, 0.29) is 6.42 Å². The van der Waals surface area contributed by atoms with Gasteiger partial charge in [-0.15, -0.1) is 0 Å². The summed E-state index contributed by atoms with van der Waals surface area (Å²) in [6, 6.07) is 3.39. The quantitative estimate of drug-likeness (QED) is 0.816. The second-order valence-corrected chi connectivity index (χ2v) is 2.98. The van der Waals surface area contributed by atoms with Crippen molar-refractivity contribution >= 4 is 5.97 Å². The number of hydrogen-bond acceptors (Lipinski definition) is 4. The summed E-state index contributed by atoms with van der Waals surface area (Å²) in [7, 11) is 0.